The molecular weight excluding hydrogens is 302 g/mol. The van der Waals surface area contributed by atoms with Crippen LogP contribution in [0.3, 0.4) is 0 Å². The van der Waals surface area contributed by atoms with Crippen molar-refractivity contribution in [2.75, 3.05) is 5.32 Å². The van der Waals surface area contributed by atoms with Crippen molar-refractivity contribution in [1.29, 1.82) is 0 Å². The SMILES string of the molecule is Cc1cc(=O)n(C)cc1NC(=O)CC1CC2CCC(C1)N2.Cl. The van der Waals surface area contributed by atoms with Gasteiger partial charge in [0, 0.05) is 37.8 Å². The molecule has 1 aromatic rings. The zero-order chi connectivity index (χ0) is 15.0. The fourth-order valence-corrected chi connectivity index (χ4v) is 3.66. The number of halogens is 1. The molecule has 0 aliphatic carbocycles. The number of hydrogen-bond acceptors (Lipinski definition) is 3. The molecule has 2 unspecified atom stereocenters. The Morgan fingerprint density at radius 2 is 2.00 bits per heavy atom. The van der Waals surface area contributed by atoms with E-state index in [0.29, 0.717) is 24.4 Å². The number of rotatable bonds is 3. The molecule has 1 aromatic heterocycles. The third-order valence-electron chi connectivity index (χ3n) is 4.75. The molecule has 22 heavy (non-hydrogen) atoms. The molecule has 0 spiro atoms. The highest BCUT2D eigenvalue weighted by molar-refractivity contribution is 5.91. The second-order valence-electron chi connectivity index (χ2n) is 6.55. The van der Waals surface area contributed by atoms with Gasteiger partial charge in [0.05, 0.1) is 5.69 Å². The van der Waals surface area contributed by atoms with E-state index in [1.165, 1.54) is 17.4 Å². The van der Waals surface area contributed by atoms with E-state index in [4.69, 9.17) is 0 Å². The minimum absolute atomic E-state index is 0. The lowest BCUT2D eigenvalue weighted by Gasteiger charge is -2.28. The molecule has 5 nitrogen and oxygen atoms in total. The second-order valence-corrected chi connectivity index (χ2v) is 6.55. The van der Waals surface area contributed by atoms with Gasteiger partial charge in [-0.25, -0.2) is 0 Å². The van der Waals surface area contributed by atoms with Crippen molar-refractivity contribution in [3.05, 3.63) is 28.2 Å². The average Bonchev–Trinajstić information content (AvgIpc) is 2.75. The number of nitrogens with one attached hydrogen (secondary N) is 2. The Kier molecular flexibility index (Phi) is 5.29. The van der Waals surface area contributed by atoms with Crippen LogP contribution in [0.2, 0.25) is 0 Å². The van der Waals surface area contributed by atoms with Gasteiger partial charge in [-0.3, -0.25) is 9.59 Å². The van der Waals surface area contributed by atoms with Crippen molar-refractivity contribution in [2.45, 2.75) is 51.1 Å². The van der Waals surface area contributed by atoms with Gasteiger partial charge in [-0.05, 0) is 44.1 Å². The van der Waals surface area contributed by atoms with Crippen LogP contribution in [0, 0.1) is 12.8 Å². The molecule has 0 saturated carbocycles. The number of pyridine rings is 1. The van der Waals surface area contributed by atoms with E-state index in [-0.39, 0.29) is 23.9 Å². The maximum atomic E-state index is 12.2. The maximum absolute atomic E-state index is 12.2. The molecule has 0 radical (unpaired) electrons. The molecule has 2 atom stereocenters. The first-order chi connectivity index (χ1) is 10.0. The molecule has 0 aromatic carbocycles. The summed E-state index contributed by atoms with van der Waals surface area (Å²) in [6, 6.07) is 2.78. The second kappa shape index (κ2) is 6.84. The van der Waals surface area contributed by atoms with E-state index in [2.05, 4.69) is 10.6 Å². The Hall–Kier alpha value is -1.33. The highest BCUT2D eigenvalue weighted by atomic mass is 35.5. The zero-order valence-electron chi connectivity index (χ0n) is 13.1. The van der Waals surface area contributed by atoms with Crippen LogP contribution >= 0.6 is 12.4 Å². The monoisotopic (exact) mass is 325 g/mol. The van der Waals surface area contributed by atoms with Crippen LogP contribution in [0.25, 0.3) is 0 Å². The van der Waals surface area contributed by atoms with Gasteiger partial charge in [0.15, 0.2) is 0 Å². The summed E-state index contributed by atoms with van der Waals surface area (Å²) in [6.07, 6.45) is 7.00. The number of hydrogen-bond donors (Lipinski definition) is 2. The fourth-order valence-electron chi connectivity index (χ4n) is 3.66. The number of carbonyl (C=O) groups excluding carboxylic acids is 1. The summed E-state index contributed by atoms with van der Waals surface area (Å²) in [6.45, 7) is 1.85. The minimum Gasteiger partial charge on any atom is -0.325 e. The first kappa shape index (κ1) is 17.0. The van der Waals surface area contributed by atoms with Crippen LogP contribution in [0.1, 0.15) is 37.7 Å². The molecule has 3 heterocycles. The van der Waals surface area contributed by atoms with Crippen molar-refractivity contribution in [3.63, 3.8) is 0 Å². The summed E-state index contributed by atoms with van der Waals surface area (Å²) in [5, 5.41) is 6.55. The Bertz CT molecular complexity index is 602. The van der Waals surface area contributed by atoms with Gasteiger partial charge in [0.25, 0.3) is 5.56 Å². The van der Waals surface area contributed by atoms with Gasteiger partial charge in [-0.2, -0.15) is 0 Å². The molecule has 2 N–H and O–H groups in total. The fraction of sp³-hybridized carbons (Fsp3) is 0.625. The summed E-state index contributed by atoms with van der Waals surface area (Å²) in [5.41, 5.74) is 1.50. The van der Waals surface area contributed by atoms with Crippen LogP contribution in [0.5, 0.6) is 0 Å². The first-order valence-electron chi connectivity index (χ1n) is 7.74. The number of aromatic nitrogens is 1. The molecule has 3 rings (SSSR count). The predicted molar refractivity (Wildman–Crippen MR) is 89.6 cm³/mol. The minimum atomic E-state index is -0.0552. The number of anilines is 1. The third kappa shape index (κ3) is 3.70. The van der Waals surface area contributed by atoms with Crippen LogP contribution < -0.4 is 16.2 Å². The largest absolute Gasteiger partial charge is 0.325 e. The Morgan fingerprint density at radius 3 is 2.64 bits per heavy atom. The van der Waals surface area contributed by atoms with Crippen molar-refractivity contribution < 1.29 is 4.79 Å². The van der Waals surface area contributed by atoms with E-state index in [0.717, 1.165) is 24.1 Å². The van der Waals surface area contributed by atoms with E-state index in [9.17, 15) is 9.59 Å². The molecular formula is C16H24ClN3O2. The smallest absolute Gasteiger partial charge is 0.250 e. The molecule has 2 aliphatic heterocycles. The molecule has 2 saturated heterocycles. The van der Waals surface area contributed by atoms with E-state index < -0.39 is 0 Å². The highest BCUT2D eigenvalue weighted by Gasteiger charge is 2.34. The molecule has 2 aliphatic rings. The summed E-state index contributed by atoms with van der Waals surface area (Å²) < 4.78 is 1.49. The molecule has 1 amide bonds. The first-order valence-corrected chi connectivity index (χ1v) is 7.74. The lowest BCUT2D eigenvalue weighted by Crippen LogP contribution is -2.39. The van der Waals surface area contributed by atoms with E-state index in [1.807, 2.05) is 6.92 Å². The summed E-state index contributed by atoms with van der Waals surface area (Å²) in [5.74, 6) is 0.541. The maximum Gasteiger partial charge on any atom is 0.250 e. The lowest BCUT2D eigenvalue weighted by molar-refractivity contribution is -0.117. The van der Waals surface area contributed by atoms with Crippen LogP contribution in [0.15, 0.2) is 17.1 Å². The zero-order valence-corrected chi connectivity index (χ0v) is 13.9. The van der Waals surface area contributed by atoms with Gasteiger partial charge in [-0.1, -0.05) is 0 Å². The number of aryl methyl sites for hydroxylation is 2. The quantitative estimate of drug-likeness (QED) is 0.893. The predicted octanol–water partition coefficient (Wildman–Crippen LogP) is 1.97. The molecule has 122 valence electrons. The van der Waals surface area contributed by atoms with Crippen molar-refractivity contribution in [1.82, 2.24) is 9.88 Å². The van der Waals surface area contributed by atoms with Crippen molar-refractivity contribution in [3.8, 4) is 0 Å². The molecule has 2 bridgehead atoms. The number of fused-ring (bicyclic) bond motifs is 2. The van der Waals surface area contributed by atoms with Crippen LogP contribution in [-0.4, -0.2) is 22.6 Å². The Labute approximate surface area is 136 Å². The number of amides is 1. The van der Waals surface area contributed by atoms with Gasteiger partial charge in [0.1, 0.15) is 0 Å². The van der Waals surface area contributed by atoms with Gasteiger partial charge in [-0.15, -0.1) is 12.4 Å². The number of piperidine rings is 1. The normalized spacial score (nSPS) is 26.4. The number of nitrogens with zero attached hydrogens (tertiary/aromatic N) is 1. The highest BCUT2D eigenvalue weighted by Crippen LogP contribution is 2.32. The lowest BCUT2D eigenvalue weighted by atomic mass is 9.89. The summed E-state index contributed by atoms with van der Waals surface area (Å²) >= 11 is 0. The standard InChI is InChI=1S/C16H23N3O2.ClH/c1-10-5-16(21)19(2)9-14(10)18-15(20)8-11-6-12-3-4-13(7-11)17-12;/h5,9,11-13,17H,3-4,6-8H2,1-2H3,(H,18,20);1H. The van der Waals surface area contributed by atoms with Crippen molar-refractivity contribution in [2.24, 2.45) is 13.0 Å². The van der Waals surface area contributed by atoms with Crippen molar-refractivity contribution >= 4 is 24.0 Å². The number of carbonyl (C=O) groups is 1. The van der Waals surface area contributed by atoms with E-state index >= 15 is 0 Å². The Balaban J connectivity index is 0.00000176. The van der Waals surface area contributed by atoms with E-state index in [1.54, 1.807) is 19.3 Å². The van der Waals surface area contributed by atoms with Gasteiger partial charge < -0.3 is 15.2 Å². The third-order valence-corrected chi connectivity index (χ3v) is 4.75. The summed E-state index contributed by atoms with van der Waals surface area (Å²) in [7, 11) is 1.70. The summed E-state index contributed by atoms with van der Waals surface area (Å²) in [4.78, 5) is 23.8. The van der Waals surface area contributed by atoms with Crippen LogP contribution in [0.4, 0.5) is 5.69 Å². The van der Waals surface area contributed by atoms with Crippen LogP contribution in [-0.2, 0) is 11.8 Å². The Morgan fingerprint density at radius 1 is 1.36 bits per heavy atom. The van der Waals surface area contributed by atoms with Gasteiger partial charge >= 0.3 is 0 Å². The molecule has 2 fully saturated rings. The van der Waals surface area contributed by atoms with Gasteiger partial charge in [0.2, 0.25) is 5.91 Å². The molecule has 6 heteroatoms. The topological polar surface area (TPSA) is 63.1 Å². The average molecular weight is 326 g/mol.